The molecule has 0 spiro atoms. The van der Waals surface area contributed by atoms with Gasteiger partial charge in [0.05, 0.1) is 16.4 Å². The first kappa shape index (κ1) is 12.8. The van der Waals surface area contributed by atoms with Gasteiger partial charge in [0.1, 0.15) is 0 Å². The molecule has 0 saturated carbocycles. The monoisotopic (exact) mass is 270 g/mol. The van der Waals surface area contributed by atoms with Crippen LogP contribution in [0.15, 0.2) is 18.2 Å². The fourth-order valence-electron chi connectivity index (χ4n) is 2.09. The van der Waals surface area contributed by atoms with Gasteiger partial charge in [0.2, 0.25) is 0 Å². The number of sulfone groups is 1. The minimum absolute atomic E-state index is 0.0691. The van der Waals surface area contributed by atoms with E-state index in [9.17, 15) is 18.5 Å². The zero-order valence-corrected chi connectivity index (χ0v) is 10.7. The molecule has 1 aromatic carbocycles. The van der Waals surface area contributed by atoms with E-state index in [0.717, 1.165) is 5.69 Å². The van der Waals surface area contributed by atoms with E-state index in [4.69, 9.17) is 0 Å². The second-order valence-electron chi connectivity index (χ2n) is 4.50. The summed E-state index contributed by atoms with van der Waals surface area (Å²) < 4.78 is 22.6. The molecule has 1 N–H and O–H groups in total. The van der Waals surface area contributed by atoms with Crippen molar-refractivity contribution >= 4 is 21.2 Å². The molecule has 1 atom stereocenters. The van der Waals surface area contributed by atoms with Gasteiger partial charge < -0.3 is 5.32 Å². The van der Waals surface area contributed by atoms with Crippen molar-refractivity contribution in [3.8, 4) is 0 Å². The van der Waals surface area contributed by atoms with Gasteiger partial charge in [0.25, 0.3) is 5.69 Å². The van der Waals surface area contributed by atoms with Crippen LogP contribution in [0.3, 0.4) is 0 Å². The first-order valence-electron chi connectivity index (χ1n) is 5.59. The number of rotatable bonds is 3. The predicted molar refractivity (Wildman–Crippen MR) is 68.5 cm³/mol. The molecule has 1 aliphatic rings. The summed E-state index contributed by atoms with van der Waals surface area (Å²) in [6.45, 7) is 1.66. The van der Waals surface area contributed by atoms with Crippen LogP contribution in [0.1, 0.15) is 12.0 Å². The van der Waals surface area contributed by atoms with E-state index < -0.39 is 14.8 Å². The van der Waals surface area contributed by atoms with Crippen LogP contribution in [-0.2, 0) is 9.84 Å². The molecule has 1 heterocycles. The summed E-state index contributed by atoms with van der Waals surface area (Å²) in [5.74, 6) is 0.333. The Labute approximate surface area is 105 Å². The van der Waals surface area contributed by atoms with Crippen molar-refractivity contribution in [1.82, 2.24) is 0 Å². The molecule has 1 aromatic rings. The van der Waals surface area contributed by atoms with Gasteiger partial charge in [-0.15, -0.1) is 0 Å². The van der Waals surface area contributed by atoms with E-state index in [1.54, 1.807) is 19.1 Å². The van der Waals surface area contributed by atoms with Gasteiger partial charge in [-0.2, -0.15) is 0 Å². The van der Waals surface area contributed by atoms with E-state index >= 15 is 0 Å². The number of nitrogens with one attached hydrogen (secondary N) is 1. The molecule has 0 unspecified atom stereocenters. The third-order valence-corrected chi connectivity index (χ3v) is 4.76. The van der Waals surface area contributed by atoms with E-state index in [2.05, 4.69) is 5.32 Å². The van der Waals surface area contributed by atoms with E-state index in [0.29, 0.717) is 12.0 Å². The Morgan fingerprint density at radius 3 is 2.67 bits per heavy atom. The number of anilines is 1. The van der Waals surface area contributed by atoms with Crippen LogP contribution in [0.4, 0.5) is 11.4 Å². The maximum atomic E-state index is 11.3. The molecule has 2 rings (SSSR count). The fraction of sp³-hybridized carbons (Fsp3) is 0.455. The predicted octanol–water partition coefficient (Wildman–Crippen LogP) is 1.50. The Morgan fingerprint density at radius 1 is 1.44 bits per heavy atom. The molecule has 0 amide bonds. The number of hydrogen-bond donors (Lipinski definition) is 1. The lowest BCUT2D eigenvalue weighted by molar-refractivity contribution is -0.385. The van der Waals surface area contributed by atoms with Crippen LogP contribution in [0.2, 0.25) is 0 Å². The summed E-state index contributed by atoms with van der Waals surface area (Å²) in [6, 6.07) is 4.61. The summed E-state index contributed by atoms with van der Waals surface area (Å²) in [5.41, 5.74) is 1.35. The lowest BCUT2D eigenvalue weighted by Crippen LogP contribution is -2.20. The van der Waals surface area contributed by atoms with Crippen LogP contribution in [0.5, 0.6) is 0 Å². The molecule has 0 aliphatic carbocycles. The molecular weight excluding hydrogens is 256 g/mol. The minimum Gasteiger partial charge on any atom is -0.381 e. The molecule has 1 aliphatic heterocycles. The number of nitrogens with zero attached hydrogens (tertiary/aromatic N) is 1. The van der Waals surface area contributed by atoms with Crippen LogP contribution in [0, 0.1) is 17.0 Å². The Bertz CT molecular complexity index is 583. The first-order chi connectivity index (χ1) is 8.37. The van der Waals surface area contributed by atoms with E-state index in [1.165, 1.54) is 6.07 Å². The van der Waals surface area contributed by atoms with Gasteiger partial charge in [-0.05, 0) is 25.5 Å². The van der Waals surface area contributed by atoms with Crippen molar-refractivity contribution in [3.63, 3.8) is 0 Å². The molecule has 1 fully saturated rings. The van der Waals surface area contributed by atoms with Crippen molar-refractivity contribution in [1.29, 1.82) is 0 Å². The molecule has 98 valence electrons. The van der Waals surface area contributed by atoms with Gasteiger partial charge >= 0.3 is 0 Å². The highest BCUT2D eigenvalue weighted by molar-refractivity contribution is 7.91. The lowest BCUT2D eigenvalue weighted by Gasteiger charge is -2.12. The summed E-state index contributed by atoms with van der Waals surface area (Å²) in [4.78, 5) is 10.2. The maximum absolute atomic E-state index is 11.3. The van der Waals surface area contributed by atoms with Crippen LogP contribution in [-0.4, -0.2) is 30.9 Å². The maximum Gasteiger partial charge on any atom is 0.272 e. The number of nitro groups is 1. The van der Waals surface area contributed by atoms with Crippen molar-refractivity contribution in [2.45, 2.75) is 19.4 Å². The van der Waals surface area contributed by atoms with Gasteiger partial charge in [-0.3, -0.25) is 10.1 Å². The zero-order chi connectivity index (χ0) is 13.3. The lowest BCUT2D eigenvalue weighted by atomic mass is 10.1. The zero-order valence-electron chi connectivity index (χ0n) is 9.92. The molecule has 0 aromatic heterocycles. The second kappa shape index (κ2) is 4.56. The molecular formula is C11H14N2O4S. The summed E-state index contributed by atoms with van der Waals surface area (Å²) >= 11 is 0. The molecule has 6 nitrogen and oxygen atoms in total. The Kier molecular flexibility index (Phi) is 3.25. The van der Waals surface area contributed by atoms with Gasteiger partial charge in [0.15, 0.2) is 9.84 Å². The topological polar surface area (TPSA) is 89.3 Å². The van der Waals surface area contributed by atoms with Crippen LogP contribution in [0.25, 0.3) is 0 Å². The summed E-state index contributed by atoms with van der Waals surface area (Å²) in [5, 5.41) is 13.8. The molecule has 1 saturated heterocycles. The Morgan fingerprint density at radius 2 is 2.17 bits per heavy atom. The number of hydrogen-bond acceptors (Lipinski definition) is 5. The number of benzene rings is 1. The molecule has 7 heteroatoms. The third kappa shape index (κ3) is 2.79. The van der Waals surface area contributed by atoms with Gasteiger partial charge in [-0.1, -0.05) is 0 Å². The quantitative estimate of drug-likeness (QED) is 0.664. The average molecular weight is 270 g/mol. The van der Waals surface area contributed by atoms with Crippen molar-refractivity contribution in [2.24, 2.45) is 0 Å². The molecule has 0 radical (unpaired) electrons. The molecule has 18 heavy (non-hydrogen) atoms. The highest BCUT2D eigenvalue weighted by Crippen LogP contribution is 2.23. The van der Waals surface area contributed by atoms with Crippen molar-refractivity contribution < 1.29 is 13.3 Å². The largest absolute Gasteiger partial charge is 0.381 e. The van der Waals surface area contributed by atoms with Crippen molar-refractivity contribution in [3.05, 3.63) is 33.9 Å². The average Bonchev–Trinajstić information content (AvgIpc) is 2.57. The first-order valence-corrected chi connectivity index (χ1v) is 7.41. The van der Waals surface area contributed by atoms with E-state index in [1.807, 2.05) is 0 Å². The fourth-order valence-corrected chi connectivity index (χ4v) is 3.77. The minimum atomic E-state index is -2.92. The van der Waals surface area contributed by atoms with Crippen LogP contribution < -0.4 is 5.32 Å². The highest BCUT2D eigenvalue weighted by atomic mass is 32.2. The van der Waals surface area contributed by atoms with E-state index in [-0.39, 0.29) is 23.2 Å². The Balaban J connectivity index is 2.12. The standard InChI is InChI=1S/C11H14N2O4S/c1-8-6-9(2-3-11(8)13(14)15)12-10-4-5-18(16,17)7-10/h2-3,6,10,12H,4-5,7H2,1H3/t10-/m0/s1. The highest BCUT2D eigenvalue weighted by Gasteiger charge is 2.27. The van der Waals surface area contributed by atoms with Gasteiger partial charge in [-0.25, -0.2) is 8.42 Å². The Hall–Kier alpha value is -1.63. The van der Waals surface area contributed by atoms with Gasteiger partial charge in [0, 0.05) is 23.4 Å². The third-order valence-electron chi connectivity index (χ3n) is 3.00. The smallest absolute Gasteiger partial charge is 0.272 e. The summed E-state index contributed by atoms with van der Waals surface area (Å²) in [6.07, 6.45) is 0.582. The normalized spacial score (nSPS) is 21.7. The number of aryl methyl sites for hydroxylation is 1. The number of nitro benzene ring substituents is 1. The SMILES string of the molecule is Cc1cc(N[C@H]2CCS(=O)(=O)C2)ccc1[N+](=O)[O-]. The molecule has 0 bridgehead atoms. The summed E-state index contributed by atoms with van der Waals surface area (Å²) in [7, 11) is -2.92. The van der Waals surface area contributed by atoms with Crippen molar-refractivity contribution in [2.75, 3.05) is 16.8 Å². The second-order valence-corrected chi connectivity index (χ2v) is 6.73. The van der Waals surface area contributed by atoms with Crippen LogP contribution >= 0.6 is 0 Å².